The molecule has 3 N–H and O–H groups in total. The summed E-state index contributed by atoms with van der Waals surface area (Å²) in [4.78, 5) is 23.4. The molecule has 11 heteroatoms. The molecule has 0 saturated carbocycles. The number of halogens is 2. The molecular formula is C34H44F2N7O2. The monoisotopic (exact) mass is 620 g/mol. The summed E-state index contributed by atoms with van der Waals surface area (Å²) in [6.07, 6.45) is 2.06. The molecule has 1 radical (unpaired) electrons. The maximum absolute atomic E-state index is 15.2. The van der Waals surface area contributed by atoms with Gasteiger partial charge in [-0.2, -0.15) is 5.10 Å². The summed E-state index contributed by atoms with van der Waals surface area (Å²) in [6.45, 7) is 22.1. The van der Waals surface area contributed by atoms with E-state index < -0.39 is 11.6 Å². The lowest BCUT2D eigenvalue weighted by atomic mass is 9.60. The fourth-order valence-corrected chi connectivity index (χ4v) is 5.98. The third-order valence-corrected chi connectivity index (χ3v) is 8.26. The van der Waals surface area contributed by atoms with E-state index in [1.54, 1.807) is 18.2 Å². The highest BCUT2D eigenvalue weighted by Crippen LogP contribution is 2.47. The van der Waals surface area contributed by atoms with Crippen molar-refractivity contribution in [1.82, 2.24) is 25.1 Å². The van der Waals surface area contributed by atoms with Crippen LogP contribution in [0.3, 0.4) is 0 Å². The lowest BCUT2D eigenvalue weighted by molar-refractivity contribution is -0.115. The minimum Gasteiger partial charge on any atom is -0.490 e. The van der Waals surface area contributed by atoms with Crippen LogP contribution >= 0.6 is 0 Å². The Morgan fingerprint density at radius 3 is 2.44 bits per heavy atom. The largest absolute Gasteiger partial charge is 0.490 e. The predicted molar refractivity (Wildman–Crippen MR) is 174 cm³/mol. The number of aromatic amines is 1. The molecule has 4 aromatic rings. The number of carbonyl (C=O) groups is 1. The second kappa shape index (κ2) is 13.5. The topological polar surface area (TPSA) is 108 Å². The Morgan fingerprint density at radius 1 is 1.04 bits per heavy atom. The molecule has 4 rings (SSSR count). The second-order valence-corrected chi connectivity index (χ2v) is 13.3. The first-order valence-electron chi connectivity index (χ1n) is 15.2. The highest BCUT2D eigenvalue weighted by Gasteiger charge is 2.50. The maximum Gasteiger partial charge on any atom is 0.230 e. The van der Waals surface area contributed by atoms with Crippen molar-refractivity contribution in [3.8, 4) is 5.75 Å². The number of aromatic nitrogens is 4. The van der Waals surface area contributed by atoms with Crippen LogP contribution in [0.1, 0.15) is 60.6 Å². The number of benzene rings is 2. The van der Waals surface area contributed by atoms with E-state index in [9.17, 15) is 9.18 Å². The van der Waals surface area contributed by atoms with Gasteiger partial charge in [-0.3, -0.25) is 14.8 Å². The first-order valence-corrected chi connectivity index (χ1v) is 15.2. The Kier molecular flexibility index (Phi) is 10.1. The standard InChI is InChI=1S/C34H44F2N7O2/c1-9-43(34(8,32(2,3)4)33(5,6)7)14-11-15-45-28-20-27-25(19-26(28)36)31(38-21-37-27)40-29-17-24(41-42-29)18-30(44)39-23-13-10-12-22(35)16-23/h10,12-13,16-17,19-21H,8-9,11,14-15,18H2,1-7H3,(H,39,44)(H2,37,38,40,41,42). The smallest absolute Gasteiger partial charge is 0.230 e. The van der Waals surface area contributed by atoms with Crippen molar-refractivity contribution in [2.75, 3.05) is 30.3 Å². The summed E-state index contributed by atoms with van der Waals surface area (Å²) in [6, 6.07) is 10.2. The molecule has 0 atom stereocenters. The number of amides is 1. The third-order valence-electron chi connectivity index (χ3n) is 8.26. The van der Waals surface area contributed by atoms with Crippen LogP contribution in [0, 0.1) is 29.4 Å². The third kappa shape index (κ3) is 7.76. The number of nitrogens with zero attached hydrogens (tertiary/aromatic N) is 4. The van der Waals surface area contributed by atoms with Gasteiger partial charge in [0.25, 0.3) is 0 Å². The van der Waals surface area contributed by atoms with Gasteiger partial charge in [-0.05, 0) is 55.0 Å². The van der Waals surface area contributed by atoms with Gasteiger partial charge in [0, 0.05) is 41.0 Å². The van der Waals surface area contributed by atoms with E-state index in [1.165, 1.54) is 30.6 Å². The van der Waals surface area contributed by atoms with Crippen molar-refractivity contribution < 1.29 is 18.3 Å². The molecule has 45 heavy (non-hydrogen) atoms. The normalized spacial score (nSPS) is 12.5. The van der Waals surface area contributed by atoms with Crippen LogP contribution in [-0.4, -0.2) is 56.2 Å². The first kappa shape index (κ1) is 33.8. The van der Waals surface area contributed by atoms with Gasteiger partial charge in [0.2, 0.25) is 5.91 Å². The van der Waals surface area contributed by atoms with Crippen LogP contribution in [-0.2, 0) is 11.2 Å². The first-order chi connectivity index (χ1) is 21.1. The molecule has 0 bridgehead atoms. The van der Waals surface area contributed by atoms with Gasteiger partial charge in [-0.25, -0.2) is 18.7 Å². The number of nitrogens with one attached hydrogen (secondary N) is 3. The number of carbonyl (C=O) groups excluding carboxylic acids is 1. The zero-order chi connectivity index (χ0) is 33.0. The second-order valence-electron chi connectivity index (χ2n) is 13.3. The van der Waals surface area contributed by atoms with Crippen LogP contribution < -0.4 is 15.4 Å². The van der Waals surface area contributed by atoms with E-state index in [-0.39, 0.29) is 34.4 Å². The summed E-state index contributed by atoms with van der Waals surface area (Å²) in [5.74, 6) is -0.451. The zero-order valence-electron chi connectivity index (χ0n) is 27.2. The number of ether oxygens (including phenoxy) is 1. The quantitative estimate of drug-likeness (QED) is 0.143. The van der Waals surface area contributed by atoms with Gasteiger partial charge in [-0.15, -0.1) is 0 Å². The summed E-state index contributed by atoms with van der Waals surface area (Å²) in [5, 5.41) is 13.1. The van der Waals surface area contributed by atoms with Crippen molar-refractivity contribution in [3.05, 3.63) is 73.0 Å². The molecule has 0 fully saturated rings. The van der Waals surface area contributed by atoms with Gasteiger partial charge >= 0.3 is 0 Å². The Balaban J connectivity index is 1.39. The van der Waals surface area contributed by atoms with E-state index >= 15 is 4.39 Å². The molecule has 0 aliphatic heterocycles. The number of rotatable bonds is 12. The van der Waals surface area contributed by atoms with Crippen molar-refractivity contribution >= 4 is 34.1 Å². The summed E-state index contributed by atoms with van der Waals surface area (Å²) in [5.41, 5.74) is 0.951. The number of anilines is 3. The summed E-state index contributed by atoms with van der Waals surface area (Å²) >= 11 is 0. The molecule has 0 aliphatic rings. The summed E-state index contributed by atoms with van der Waals surface area (Å²) in [7, 11) is 0. The maximum atomic E-state index is 15.2. The van der Waals surface area contributed by atoms with Gasteiger partial charge in [-0.1, -0.05) is 54.5 Å². The molecule has 241 valence electrons. The van der Waals surface area contributed by atoms with Gasteiger partial charge in [0.05, 0.1) is 18.5 Å². The van der Waals surface area contributed by atoms with Gasteiger partial charge in [0.15, 0.2) is 17.4 Å². The molecule has 2 heterocycles. The molecular weight excluding hydrogens is 576 g/mol. The van der Waals surface area contributed by atoms with Crippen molar-refractivity contribution in [2.45, 2.75) is 66.8 Å². The van der Waals surface area contributed by atoms with Crippen LogP contribution in [0.4, 0.5) is 26.1 Å². The van der Waals surface area contributed by atoms with E-state index in [1.807, 2.05) is 0 Å². The Bertz CT molecular complexity index is 1610. The highest BCUT2D eigenvalue weighted by molar-refractivity contribution is 5.93. The average molecular weight is 621 g/mol. The molecule has 0 aliphatic carbocycles. The van der Waals surface area contributed by atoms with Crippen molar-refractivity contribution in [3.63, 3.8) is 0 Å². The lowest BCUT2D eigenvalue weighted by Crippen LogP contribution is -2.63. The van der Waals surface area contributed by atoms with Crippen molar-refractivity contribution in [2.24, 2.45) is 10.8 Å². The fraction of sp³-hybridized carbons (Fsp3) is 0.441. The van der Waals surface area contributed by atoms with E-state index in [0.29, 0.717) is 46.9 Å². The van der Waals surface area contributed by atoms with Crippen LogP contribution in [0.2, 0.25) is 0 Å². The van der Waals surface area contributed by atoms with Gasteiger partial charge < -0.3 is 15.4 Å². The van der Waals surface area contributed by atoms with E-state index in [4.69, 9.17) is 11.7 Å². The van der Waals surface area contributed by atoms with Crippen LogP contribution in [0.25, 0.3) is 10.9 Å². The Morgan fingerprint density at radius 2 is 1.78 bits per heavy atom. The van der Waals surface area contributed by atoms with E-state index in [0.717, 1.165) is 13.1 Å². The zero-order valence-corrected chi connectivity index (χ0v) is 27.2. The summed E-state index contributed by atoms with van der Waals surface area (Å²) < 4.78 is 34.5. The van der Waals surface area contributed by atoms with Crippen LogP contribution in [0.5, 0.6) is 5.75 Å². The predicted octanol–water partition coefficient (Wildman–Crippen LogP) is 7.31. The molecule has 2 aromatic heterocycles. The number of fused-ring (bicyclic) bond motifs is 1. The number of hydrogen-bond donors (Lipinski definition) is 3. The molecule has 9 nitrogen and oxygen atoms in total. The fourth-order valence-electron chi connectivity index (χ4n) is 5.98. The molecule has 2 aromatic carbocycles. The Labute approximate surface area is 264 Å². The molecule has 0 unspecified atom stereocenters. The Hall–Kier alpha value is -4.12. The lowest BCUT2D eigenvalue weighted by Gasteiger charge is -2.57. The minimum absolute atomic E-state index is 0.0107. The average Bonchev–Trinajstić information content (AvgIpc) is 3.38. The molecule has 0 spiro atoms. The van der Waals surface area contributed by atoms with E-state index in [2.05, 4.69) is 84.2 Å². The number of H-pyrrole nitrogens is 1. The SMILES string of the molecule is [CH2]C(N(CC)CCCOc1cc2ncnc(Nc3cc(CC(=O)Nc4cccc(F)c4)[nH]n3)c2cc1F)(C(C)(C)C)C(C)(C)C. The molecule has 0 saturated heterocycles. The van der Waals surface area contributed by atoms with Gasteiger partial charge in [0.1, 0.15) is 18.0 Å². The van der Waals surface area contributed by atoms with Crippen LogP contribution in [0.15, 0.2) is 48.8 Å². The van der Waals surface area contributed by atoms with Crippen molar-refractivity contribution in [1.29, 1.82) is 0 Å². The number of hydrogen-bond acceptors (Lipinski definition) is 7. The minimum atomic E-state index is -0.527. The highest BCUT2D eigenvalue weighted by atomic mass is 19.1. The molecule has 1 amide bonds.